The summed E-state index contributed by atoms with van der Waals surface area (Å²) in [7, 11) is 0. The maximum atomic E-state index is 12.7. The smallest absolute Gasteiger partial charge is 0.100 e. The molecule has 0 saturated carbocycles. The maximum absolute atomic E-state index is 12.7. The van der Waals surface area contributed by atoms with Crippen molar-refractivity contribution in [3.63, 3.8) is 0 Å². The molecule has 6 heteroatoms. The Balaban J connectivity index is 1.01. The van der Waals surface area contributed by atoms with Gasteiger partial charge in [-0.2, -0.15) is 5.26 Å². The molecule has 418 valence electrons. The molecule has 0 atom stereocenters. The maximum Gasteiger partial charge on any atom is 0.100 e. The quantitative estimate of drug-likeness (QED) is 0.145. The van der Waals surface area contributed by atoms with Crippen LogP contribution in [0.15, 0.2) is 316 Å². The van der Waals surface area contributed by atoms with Crippen molar-refractivity contribution in [3.05, 3.63) is 321 Å². The van der Waals surface area contributed by atoms with Gasteiger partial charge in [-0.25, -0.2) is 0 Å². The van der Waals surface area contributed by atoms with Gasteiger partial charge in [0.25, 0.3) is 0 Å². The topological polar surface area (TPSA) is 56.4 Å². The number of aromatic nitrogens is 5. The second-order valence-corrected chi connectivity index (χ2v) is 23.3. The van der Waals surface area contributed by atoms with Crippen LogP contribution >= 0.6 is 0 Å². The number of fused-ring (bicyclic) bond motifs is 12. The molecular formula is C84H52N6. The van der Waals surface area contributed by atoms with Crippen molar-refractivity contribution in [2.45, 2.75) is 0 Å². The van der Waals surface area contributed by atoms with Crippen molar-refractivity contribution >= 4 is 87.2 Å². The van der Waals surface area contributed by atoms with Crippen molar-refractivity contribution in [3.8, 4) is 84.6 Å². The van der Waals surface area contributed by atoms with E-state index in [0.717, 1.165) is 123 Å². The summed E-state index contributed by atoms with van der Waals surface area (Å²) < 4.78 is 9.52. The lowest BCUT2D eigenvalue weighted by Gasteiger charge is -2.27. The van der Waals surface area contributed by atoms with Crippen LogP contribution < -0.4 is 0 Å². The van der Waals surface area contributed by atoms with E-state index >= 15 is 0 Å². The Bertz CT molecular complexity index is 5790. The lowest BCUT2D eigenvalue weighted by atomic mass is 9.76. The van der Waals surface area contributed by atoms with E-state index in [1.165, 1.54) is 43.1 Å². The first-order valence-electron chi connectivity index (χ1n) is 30.6. The number of para-hydroxylation sites is 8. The molecule has 5 aromatic heterocycles. The Morgan fingerprint density at radius 3 is 0.744 bits per heavy atom. The summed E-state index contributed by atoms with van der Waals surface area (Å²) >= 11 is 0. The monoisotopic (exact) mass is 1140 g/mol. The lowest BCUT2D eigenvalue weighted by Crippen LogP contribution is -2.05. The number of hydrogen-bond acceptors (Lipinski definition) is 2. The Hall–Kier alpha value is -12.3. The summed E-state index contributed by atoms with van der Waals surface area (Å²) in [5.41, 5.74) is 22.1. The third kappa shape index (κ3) is 7.73. The SMILES string of the molecule is N#Cc1c(-c2cccc(-n3c4ccccc4c4ccccc43)c2)c(-c2cccc(-n3c4ccccc4c4ccccc43)c2)c(-c2cccc(-n3c4ccccc4c4ccccc43)c2)c(-c2ccccn2)c1-c1cccc(-n2c3ccccc3c3ccccc32)c1. The molecule has 18 aromatic rings. The minimum absolute atomic E-state index is 0.536. The Morgan fingerprint density at radius 2 is 0.478 bits per heavy atom. The molecule has 0 spiro atoms. The summed E-state index contributed by atoms with van der Waals surface area (Å²) in [5.74, 6) is 0. The van der Waals surface area contributed by atoms with Gasteiger partial charge >= 0.3 is 0 Å². The average Bonchev–Trinajstić information content (AvgIpc) is 1.03. The van der Waals surface area contributed by atoms with Crippen LogP contribution in [0.2, 0.25) is 0 Å². The molecule has 0 aliphatic rings. The van der Waals surface area contributed by atoms with Crippen LogP contribution in [-0.4, -0.2) is 23.3 Å². The molecule has 5 heterocycles. The van der Waals surface area contributed by atoms with Gasteiger partial charge in [0.1, 0.15) is 6.07 Å². The molecule has 0 bridgehead atoms. The average molecular weight is 1150 g/mol. The van der Waals surface area contributed by atoms with Crippen LogP contribution in [0.4, 0.5) is 0 Å². The highest BCUT2D eigenvalue weighted by Crippen LogP contribution is 2.54. The van der Waals surface area contributed by atoms with Crippen LogP contribution in [0.5, 0.6) is 0 Å². The van der Waals surface area contributed by atoms with E-state index in [1.54, 1.807) is 0 Å². The largest absolute Gasteiger partial charge is 0.309 e. The molecule has 90 heavy (non-hydrogen) atoms. The second kappa shape index (κ2) is 20.4. The highest BCUT2D eigenvalue weighted by Gasteiger charge is 2.31. The van der Waals surface area contributed by atoms with E-state index in [9.17, 15) is 5.26 Å². The molecule has 0 aliphatic heterocycles. The van der Waals surface area contributed by atoms with Gasteiger partial charge in [0.15, 0.2) is 0 Å². The fourth-order valence-corrected chi connectivity index (χ4v) is 14.8. The number of pyridine rings is 1. The van der Waals surface area contributed by atoms with E-state index in [0.29, 0.717) is 5.56 Å². The fourth-order valence-electron chi connectivity index (χ4n) is 14.8. The molecule has 0 unspecified atom stereocenters. The van der Waals surface area contributed by atoms with Gasteiger partial charge in [-0.3, -0.25) is 4.98 Å². The molecule has 0 N–H and O–H groups in total. The van der Waals surface area contributed by atoms with Crippen LogP contribution in [-0.2, 0) is 0 Å². The predicted octanol–water partition coefficient (Wildman–Crippen LogP) is 21.7. The van der Waals surface area contributed by atoms with Crippen LogP contribution in [0.1, 0.15) is 5.56 Å². The summed E-state index contributed by atoms with van der Waals surface area (Å²) in [5, 5.41) is 22.2. The van der Waals surface area contributed by atoms with Gasteiger partial charge in [0.2, 0.25) is 0 Å². The third-order valence-corrected chi connectivity index (χ3v) is 18.4. The zero-order valence-electron chi connectivity index (χ0n) is 48.7. The van der Waals surface area contributed by atoms with Gasteiger partial charge < -0.3 is 18.3 Å². The molecule has 18 rings (SSSR count). The standard InChI is InChI=1S/C84H52N6/c85-53-70-80(54-23-19-27-58(49-54)87-72-40-9-1-31-62(72)63-32-2-10-41-73(63)87)82(56-25-21-29-60(51-56)89-76-44-13-5-35-66(76)67-36-6-14-45-77(67)89)83(57-26-22-30-61(52-57)90-78-46-15-7-37-68(78)69-38-8-16-47-79(69)90)84(71-39-17-18-48-86-71)81(70)55-24-20-28-59(50-55)88-74-42-11-3-33-64(74)65-34-4-12-43-75(65)88/h1-52H. The zero-order valence-corrected chi connectivity index (χ0v) is 48.7. The number of nitriles is 1. The molecule has 0 radical (unpaired) electrons. The second-order valence-electron chi connectivity index (χ2n) is 23.3. The number of hydrogen-bond donors (Lipinski definition) is 0. The van der Waals surface area contributed by atoms with Crippen LogP contribution in [0, 0.1) is 11.3 Å². The van der Waals surface area contributed by atoms with Crippen molar-refractivity contribution in [1.29, 1.82) is 5.26 Å². The summed E-state index contributed by atoms with van der Waals surface area (Å²) in [6.45, 7) is 0. The van der Waals surface area contributed by atoms with E-state index < -0.39 is 0 Å². The minimum Gasteiger partial charge on any atom is -0.309 e. The molecule has 0 amide bonds. The van der Waals surface area contributed by atoms with Gasteiger partial charge in [-0.05, 0) is 137 Å². The van der Waals surface area contributed by atoms with E-state index in [1.807, 2.05) is 12.3 Å². The zero-order chi connectivity index (χ0) is 59.4. The lowest BCUT2D eigenvalue weighted by molar-refractivity contribution is 1.18. The van der Waals surface area contributed by atoms with E-state index in [2.05, 4.69) is 328 Å². The normalized spacial score (nSPS) is 11.8. The molecule has 13 aromatic carbocycles. The predicted molar refractivity (Wildman–Crippen MR) is 373 cm³/mol. The highest BCUT2D eigenvalue weighted by atomic mass is 15.0. The van der Waals surface area contributed by atoms with Crippen LogP contribution in [0.3, 0.4) is 0 Å². The Morgan fingerprint density at radius 1 is 0.233 bits per heavy atom. The Labute approximate surface area is 518 Å². The molecular weight excluding hydrogens is 1090 g/mol. The first kappa shape index (κ1) is 51.0. The van der Waals surface area contributed by atoms with Gasteiger partial charge in [0, 0.05) is 94.3 Å². The van der Waals surface area contributed by atoms with Crippen molar-refractivity contribution in [2.75, 3.05) is 0 Å². The van der Waals surface area contributed by atoms with Crippen LogP contribution in [0.25, 0.3) is 166 Å². The molecule has 6 nitrogen and oxygen atoms in total. The molecule has 0 fully saturated rings. The van der Waals surface area contributed by atoms with Gasteiger partial charge in [-0.1, -0.05) is 200 Å². The van der Waals surface area contributed by atoms with Crippen molar-refractivity contribution < 1.29 is 0 Å². The Kier molecular flexibility index (Phi) is 11.6. The van der Waals surface area contributed by atoms with Crippen molar-refractivity contribution in [1.82, 2.24) is 23.3 Å². The summed E-state index contributed by atoms with van der Waals surface area (Å²) in [6, 6.07) is 114. The summed E-state index contributed by atoms with van der Waals surface area (Å²) in [4.78, 5) is 5.35. The first-order valence-corrected chi connectivity index (χ1v) is 30.6. The number of benzene rings is 13. The number of nitrogens with zero attached hydrogens (tertiary/aromatic N) is 6. The van der Waals surface area contributed by atoms with Gasteiger partial charge in [0.05, 0.1) is 55.4 Å². The first-order chi connectivity index (χ1) is 44.7. The third-order valence-electron chi connectivity index (χ3n) is 18.4. The number of rotatable bonds is 9. The molecule has 0 saturated heterocycles. The van der Waals surface area contributed by atoms with E-state index in [4.69, 9.17) is 4.98 Å². The van der Waals surface area contributed by atoms with Crippen molar-refractivity contribution in [2.24, 2.45) is 0 Å². The highest BCUT2D eigenvalue weighted by molar-refractivity contribution is 6.15. The molecule has 0 aliphatic carbocycles. The summed E-state index contributed by atoms with van der Waals surface area (Å²) in [6.07, 6.45) is 1.88. The fraction of sp³-hybridized carbons (Fsp3) is 0. The minimum atomic E-state index is 0.536. The van der Waals surface area contributed by atoms with E-state index in [-0.39, 0.29) is 0 Å². The van der Waals surface area contributed by atoms with Gasteiger partial charge in [-0.15, -0.1) is 0 Å².